The molecule has 0 saturated heterocycles. The molecule has 0 aromatic carbocycles. The number of carbonyl (C=O) groups is 1. The zero-order valence-electron chi connectivity index (χ0n) is 14.9. The number of fused-ring (bicyclic) bond motifs is 1. The minimum absolute atomic E-state index is 0.0972. The molecule has 1 aliphatic carbocycles. The standard InChI is InChI=1S/C19H20N4O2S/c1-9-5-4-6-13(20-9)15(12-7-8-12)23-18(25)16-10(2)14-17(24)21-11(3)22-19(14)26-16/h4-6,12,15H,7-8H2,1-3H3,(H,23,25)(H,21,22,24). The number of pyridine rings is 1. The summed E-state index contributed by atoms with van der Waals surface area (Å²) >= 11 is 1.27. The van der Waals surface area contributed by atoms with Crippen molar-refractivity contribution in [3.05, 3.63) is 56.2 Å². The zero-order valence-corrected chi connectivity index (χ0v) is 15.7. The van der Waals surface area contributed by atoms with E-state index in [1.54, 1.807) is 13.8 Å². The van der Waals surface area contributed by atoms with Crippen molar-refractivity contribution in [2.24, 2.45) is 5.92 Å². The SMILES string of the molecule is Cc1cccc(C(NC(=O)c2sc3nc(C)[nH]c(=O)c3c2C)C2CC2)n1. The molecule has 0 aliphatic heterocycles. The molecule has 6 nitrogen and oxygen atoms in total. The van der Waals surface area contributed by atoms with Gasteiger partial charge in [0.05, 0.1) is 22.0 Å². The first kappa shape index (κ1) is 16.9. The Hall–Kier alpha value is -2.54. The zero-order chi connectivity index (χ0) is 18.4. The van der Waals surface area contributed by atoms with Crippen molar-refractivity contribution in [2.45, 2.75) is 39.7 Å². The predicted molar refractivity (Wildman–Crippen MR) is 102 cm³/mol. The Morgan fingerprint density at radius 3 is 2.73 bits per heavy atom. The summed E-state index contributed by atoms with van der Waals surface area (Å²) in [6, 6.07) is 5.78. The Labute approximate surface area is 154 Å². The number of nitrogens with zero attached hydrogens (tertiary/aromatic N) is 2. The van der Waals surface area contributed by atoms with Crippen molar-refractivity contribution in [2.75, 3.05) is 0 Å². The van der Waals surface area contributed by atoms with E-state index in [0.717, 1.165) is 24.2 Å². The highest BCUT2D eigenvalue weighted by atomic mass is 32.1. The summed E-state index contributed by atoms with van der Waals surface area (Å²) in [6.45, 7) is 5.49. The minimum atomic E-state index is -0.195. The summed E-state index contributed by atoms with van der Waals surface area (Å²) in [5, 5.41) is 3.65. The van der Waals surface area contributed by atoms with Crippen LogP contribution in [0.4, 0.5) is 0 Å². The average molecular weight is 368 g/mol. The molecule has 1 unspecified atom stereocenters. The largest absolute Gasteiger partial charge is 0.343 e. The number of aryl methyl sites for hydroxylation is 3. The molecule has 7 heteroatoms. The number of thiophene rings is 1. The van der Waals surface area contributed by atoms with Crippen LogP contribution in [0.2, 0.25) is 0 Å². The van der Waals surface area contributed by atoms with Gasteiger partial charge in [0.2, 0.25) is 0 Å². The van der Waals surface area contributed by atoms with Crippen LogP contribution in [-0.4, -0.2) is 20.9 Å². The topological polar surface area (TPSA) is 87.7 Å². The Morgan fingerprint density at radius 1 is 1.27 bits per heavy atom. The van der Waals surface area contributed by atoms with Gasteiger partial charge in [-0.15, -0.1) is 11.3 Å². The molecule has 1 aliphatic rings. The number of hydrogen-bond acceptors (Lipinski definition) is 5. The summed E-state index contributed by atoms with van der Waals surface area (Å²) in [5.74, 6) is 0.810. The summed E-state index contributed by atoms with van der Waals surface area (Å²) in [4.78, 5) is 38.0. The number of aromatic nitrogens is 3. The molecule has 4 rings (SSSR count). The first-order chi connectivity index (χ1) is 12.4. The number of rotatable bonds is 4. The number of aromatic amines is 1. The van der Waals surface area contributed by atoms with Crippen molar-refractivity contribution in [3.63, 3.8) is 0 Å². The van der Waals surface area contributed by atoms with Gasteiger partial charge < -0.3 is 10.3 Å². The highest BCUT2D eigenvalue weighted by Crippen LogP contribution is 2.41. The van der Waals surface area contributed by atoms with Crippen LogP contribution >= 0.6 is 11.3 Å². The number of carbonyl (C=O) groups excluding carboxylic acids is 1. The van der Waals surface area contributed by atoms with Crippen LogP contribution in [0.25, 0.3) is 10.2 Å². The third-order valence-electron chi connectivity index (χ3n) is 4.73. The lowest BCUT2D eigenvalue weighted by molar-refractivity contribution is 0.0934. The highest BCUT2D eigenvalue weighted by molar-refractivity contribution is 7.20. The Morgan fingerprint density at radius 2 is 2.04 bits per heavy atom. The van der Waals surface area contributed by atoms with Crippen LogP contribution in [0.1, 0.15) is 51.3 Å². The maximum absolute atomic E-state index is 13.0. The third kappa shape index (κ3) is 3.03. The molecule has 1 fully saturated rings. The van der Waals surface area contributed by atoms with E-state index in [9.17, 15) is 9.59 Å². The van der Waals surface area contributed by atoms with Crippen LogP contribution in [0, 0.1) is 26.7 Å². The van der Waals surface area contributed by atoms with Crippen molar-refractivity contribution in [1.82, 2.24) is 20.3 Å². The monoisotopic (exact) mass is 368 g/mol. The first-order valence-electron chi connectivity index (χ1n) is 8.68. The fraction of sp³-hybridized carbons (Fsp3) is 0.368. The van der Waals surface area contributed by atoms with Crippen molar-refractivity contribution >= 4 is 27.5 Å². The molecule has 2 N–H and O–H groups in total. The molecule has 0 spiro atoms. The van der Waals surface area contributed by atoms with E-state index in [2.05, 4.69) is 20.3 Å². The molecular formula is C19H20N4O2S. The fourth-order valence-electron chi connectivity index (χ4n) is 3.28. The molecule has 0 radical (unpaired) electrons. The Kier molecular flexibility index (Phi) is 4.11. The van der Waals surface area contributed by atoms with E-state index in [4.69, 9.17) is 0 Å². The lowest BCUT2D eigenvalue weighted by Crippen LogP contribution is -2.30. The van der Waals surface area contributed by atoms with E-state index in [1.807, 2.05) is 25.1 Å². The summed E-state index contributed by atoms with van der Waals surface area (Å²) in [5.41, 5.74) is 2.32. The number of nitrogens with one attached hydrogen (secondary N) is 2. The van der Waals surface area contributed by atoms with E-state index in [1.165, 1.54) is 11.3 Å². The maximum Gasteiger partial charge on any atom is 0.262 e. The van der Waals surface area contributed by atoms with Gasteiger partial charge in [-0.05, 0) is 57.2 Å². The Bertz CT molecular complexity index is 1070. The van der Waals surface area contributed by atoms with E-state index < -0.39 is 0 Å². The van der Waals surface area contributed by atoms with Gasteiger partial charge in [-0.2, -0.15) is 0 Å². The Balaban J connectivity index is 1.69. The van der Waals surface area contributed by atoms with Gasteiger partial charge >= 0.3 is 0 Å². The molecular weight excluding hydrogens is 348 g/mol. The van der Waals surface area contributed by atoms with E-state index in [0.29, 0.717) is 32.4 Å². The molecule has 1 saturated carbocycles. The van der Waals surface area contributed by atoms with Gasteiger partial charge in [0, 0.05) is 5.69 Å². The second kappa shape index (κ2) is 6.32. The lowest BCUT2D eigenvalue weighted by Gasteiger charge is -2.18. The normalized spacial score (nSPS) is 15.2. The summed E-state index contributed by atoms with van der Waals surface area (Å²) < 4.78 is 0. The second-order valence-corrected chi connectivity index (χ2v) is 7.88. The summed E-state index contributed by atoms with van der Waals surface area (Å²) in [7, 11) is 0. The molecule has 1 atom stereocenters. The first-order valence-corrected chi connectivity index (χ1v) is 9.50. The van der Waals surface area contributed by atoms with Crippen LogP contribution in [0.15, 0.2) is 23.0 Å². The van der Waals surface area contributed by atoms with Crippen LogP contribution in [-0.2, 0) is 0 Å². The molecule has 3 heterocycles. The minimum Gasteiger partial charge on any atom is -0.343 e. The van der Waals surface area contributed by atoms with Gasteiger partial charge in [-0.3, -0.25) is 14.6 Å². The van der Waals surface area contributed by atoms with E-state index in [-0.39, 0.29) is 17.5 Å². The molecule has 134 valence electrons. The van der Waals surface area contributed by atoms with Gasteiger partial charge in [-0.1, -0.05) is 6.07 Å². The maximum atomic E-state index is 13.0. The summed E-state index contributed by atoms with van der Waals surface area (Å²) in [6.07, 6.45) is 2.18. The molecule has 3 aromatic heterocycles. The van der Waals surface area contributed by atoms with Gasteiger partial charge in [-0.25, -0.2) is 4.98 Å². The van der Waals surface area contributed by atoms with Crippen LogP contribution in [0.3, 0.4) is 0 Å². The molecule has 1 amide bonds. The highest BCUT2D eigenvalue weighted by Gasteiger charge is 2.35. The number of H-pyrrole nitrogens is 1. The smallest absolute Gasteiger partial charge is 0.262 e. The van der Waals surface area contributed by atoms with Gasteiger partial charge in [0.15, 0.2) is 0 Å². The van der Waals surface area contributed by atoms with Crippen LogP contribution < -0.4 is 10.9 Å². The second-order valence-electron chi connectivity index (χ2n) is 6.88. The average Bonchev–Trinajstić information content (AvgIpc) is 3.36. The number of amides is 1. The predicted octanol–water partition coefficient (Wildman–Crippen LogP) is 3.19. The van der Waals surface area contributed by atoms with E-state index >= 15 is 0 Å². The van der Waals surface area contributed by atoms with Crippen LogP contribution in [0.5, 0.6) is 0 Å². The van der Waals surface area contributed by atoms with Crippen molar-refractivity contribution in [3.8, 4) is 0 Å². The number of hydrogen-bond donors (Lipinski definition) is 2. The molecule has 0 bridgehead atoms. The van der Waals surface area contributed by atoms with Crippen molar-refractivity contribution < 1.29 is 4.79 Å². The fourth-order valence-corrected chi connectivity index (χ4v) is 4.41. The third-order valence-corrected chi connectivity index (χ3v) is 5.92. The molecule has 26 heavy (non-hydrogen) atoms. The lowest BCUT2D eigenvalue weighted by atomic mass is 10.1. The van der Waals surface area contributed by atoms with Crippen molar-refractivity contribution in [1.29, 1.82) is 0 Å². The van der Waals surface area contributed by atoms with Gasteiger partial charge in [0.1, 0.15) is 10.7 Å². The molecule has 3 aromatic rings. The van der Waals surface area contributed by atoms with Gasteiger partial charge in [0.25, 0.3) is 11.5 Å². The quantitative estimate of drug-likeness (QED) is 0.740.